The van der Waals surface area contributed by atoms with Crippen molar-refractivity contribution in [1.29, 1.82) is 5.41 Å². The molecule has 1 aromatic rings. The lowest BCUT2D eigenvalue weighted by molar-refractivity contribution is -0.112. The predicted octanol–water partition coefficient (Wildman–Crippen LogP) is 3.54. The Hall–Kier alpha value is -2.24. The van der Waals surface area contributed by atoms with Crippen molar-refractivity contribution < 1.29 is 13.6 Å². The van der Waals surface area contributed by atoms with E-state index in [9.17, 15) is 13.6 Å². The number of hydrogen-bond acceptors (Lipinski definition) is 3. The summed E-state index contributed by atoms with van der Waals surface area (Å²) in [5.41, 5.74) is 6.57. The Bertz CT molecular complexity index is 680. The summed E-state index contributed by atoms with van der Waals surface area (Å²) in [6.07, 6.45) is -1.47. The Morgan fingerprint density at radius 2 is 2.13 bits per heavy atom. The molecule has 1 unspecified atom stereocenters. The van der Waals surface area contributed by atoms with E-state index in [1.54, 1.807) is 6.07 Å². The van der Waals surface area contributed by atoms with Crippen molar-refractivity contribution in [3.8, 4) is 0 Å². The fraction of sp³-hybridized carbons (Fsp3) is 0.412. The third-order valence-electron chi connectivity index (χ3n) is 4.33. The van der Waals surface area contributed by atoms with E-state index in [4.69, 9.17) is 11.1 Å². The summed E-state index contributed by atoms with van der Waals surface area (Å²) >= 11 is 0. The van der Waals surface area contributed by atoms with Gasteiger partial charge < -0.3 is 16.5 Å². The number of carbonyl (C=O) groups is 1. The van der Waals surface area contributed by atoms with Gasteiger partial charge in [-0.2, -0.15) is 0 Å². The number of amides is 1. The van der Waals surface area contributed by atoms with E-state index in [-0.39, 0.29) is 11.3 Å². The highest BCUT2D eigenvalue weighted by Crippen LogP contribution is 2.48. The zero-order valence-electron chi connectivity index (χ0n) is 13.4. The maximum absolute atomic E-state index is 12.7. The molecule has 0 radical (unpaired) electrons. The molecule has 1 aliphatic rings. The molecule has 1 atom stereocenters. The van der Waals surface area contributed by atoms with Crippen molar-refractivity contribution in [2.75, 3.05) is 5.32 Å². The molecule has 4 N–H and O–H groups in total. The lowest BCUT2D eigenvalue weighted by atomic mass is 9.86. The third-order valence-corrected chi connectivity index (χ3v) is 4.33. The molecule has 0 saturated carbocycles. The Morgan fingerprint density at radius 1 is 1.48 bits per heavy atom. The van der Waals surface area contributed by atoms with Crippen LogP contribution >= 0.6 is 0 Å². The van der Waals surface area contributed by atoms with Crippen molar-refractivity contribution in [1.82, 2.24) is 0 Å². The highest BCUT2D eigenvalue weighted by Gasteiger charge is 2.36. The van der Waals surface area contributed by atoms with Crippen LogP contribution in [0.1, 0.15) is 44.2 Å². The van der Waals surface area contributed by atoms with Crippen LogP contribution in [0.3, 0.4) is 0 Å². The fourth-order valence-electron chi connectivity index (χ4n) is 3.36. The topological polar surface area (TPSA) is 79.0 Å². The molecule has 2 rings (SSSR count). The molecule has 1 amide bonds. The number of nitrogens with two attached hydrogens (primary N) is 1. The standard InChI is InChI=1S/C17H21F2N3O/c1-9-7-17(2,3)11-5-4-6-12(13(9)11)22-16(23)10(8-20)14(21)15(18)19/h4-6,8-9,15,20H,7,21H2,1-3H3,(H,22,23). The van der Waals surface area contributed by atoms with Crippen LogP contribution in [0, 0.1) is 5.41 Å². The predicted molar refractivity (Wildman–Crippen MR) is 87.1 cm³/mol. The van der Waals surface area contributed by atoms with Crippen molar-refractivity contribution >= 4 is 17.8 Å². The molecular weight excluding hydrogens is 300 g/mol. The summed E-state index contributed by atoms with van der Waals surface area (Å²) in [4.78, 5) is 12.2. The summed E-state index contributed by atoms with van der Waals surface area (Å²) < 4.78 is 25.4. The molecule has 124 valence electrons. The molecule has 1 aromatic carbocycles. The molecule has 23 heavy (non-hydrogen) atoms. The minimum absolute atomic E-state index is 0.00228. The number of fused-ring (bicyclic) bond motifs is 1. The quantitative estimate of drug-likeness (QED) is 0.586. The maximum Gasteiger partial charge on any atom is 0.278 e. The first-order valence-corrected chi connectivity index (χ1v) is 7.42. The fourth-order valence-corrected chi connectivity index (χ4v) is 3.36. The average Bonchev–Trinajstić information content (AvgIpc) is 2.70. The average molecular weight is 321 g/mol. The van der Waals surface area contributed by atoms with Crippen LogP contribution in [0.4, 0.5) is 14.5 Å². The number of allylic oxidation sites excluding steroid dienone is 1. The smallest absolute Gasteiger partial charge is 0.278 e. The summed E-state index contributed by atoms with van der Waals surface area (Å²) in [7, 11) is 0. The molecule has 0 aliphatic heterocycles. The lowest BCUT2D eigenvalue weighted by Crippen LogP contribution is -2.23. The number of hydrogen-bond donors (Lipinski definition) is 3. The van der Waals surface area contributed by atoms with Crippen LogP contribution < -0.4 is 11.1 Å². The van der Waals surface area contributed by atoms with E-state index in [1.807, 2.05) is 12.1 Å². The Labute approximate surface area is 134 Å². The minimum atomic E-state index is -2.98. The Kier molecular flexibility index (Phi) is 4.54. The zero-order chi connectivity index (χ0) is 17.4. The number of rotatable bonds is 4. The second-order valence-corrected chi connectivity index (χ2v) is 6.52. The monoisotopic (exact) mass is 321 g/mol. The van der Waals surface area contributed by atoms with Gasteiger partial charge in [0, 0.05) is 11.9 Å². The maximum atomic E-state index is 12.7. The highest BCUT2D eigenvalue weighted by atomic mass is 19.3. The molecule has 0 fully saturated rings. The van der Waals surface area contributed by atoms with Gasteiger partial charge in [-0.15, -0.1) is 0 Å². The van der Waals surface area contributed by atoms with E-state index in [0.29, 0.717) is 11.9 Å². The molecule has 4 nitrogen and oxygen atoms in total. The Morgan fingerprint density at radius 3 is 2.70 bits per heavy atom. The Balaban J connectivity index is 2.40. The summed E-state index contributed by atoms with van der Waals surface area (Å²) in [5.74, 6) is -0.542. The van der Waals surface area contributed by atoms with Gasteiger partial charge in [0.05, 0.1) is 11.3 Å². The molecular formula is C17H21F2N3O. The number of alkyl halides is 2. The molecule has 6 heteroatoms. The van der Waals surface area contributed by atoms with Crippen molar-refractivity contribution in [3.63, 3.8) is 0 Å². The van der Waals surface area contributed by atoms with Gasteiger partial charge in [-0.25, -0.2) is 8.78 Å². The number of nitrogens with one attached hydrogen (secondary N) is 2. The number of anilines is 1. The van der Waals surface area contributed by atoms with Gasteiger partial charge in [0.2, 0.25) is 0 Å². The SMILES string of the molecule is CC1CC(C)(C)c2cccc(NC(=O)C(C=N)=C(N)C(F)F)c21. The summed E-state index contributed by atoms with van der Waals surface area (Å²) in [5, 5.41) is 9.81. The molecule has 0 heterocycles. The highest BCUT2D eigenvalue weighted by molar-refractivity contribution is 6.18. The van der Waals surface area contributed by atoms with E-state index >= 15 is 0 Å². The van der Waals surface area contributed by atoms with Gasteiger partial charge in [0.25, 0.3) is 12.3 Å². The molecule has 1 aliphatic carbocycles. The van der Waals surface area contributed by atoms with Crippen LogP contribution in [-0.4, -0.2) is 18.5 Å². The lowest BCUT2D eigenvalue weighted by Gasteiger charge is -2.19. The summed E-state index contributed by atoms with van der Waals surface area (Å²) in [6.45, 7) is 6.35. The van der Waals surface area contributed by atoms with Crippen LogP contribution in [0.2, 0.25) is 0 Å². The largest absolute Gasteiger partial charge is 0.397 e. The number of benzene rings is 1. The van der Waals surface area contributed by atoms with Crippen LogP contribution in [0.5, 0.6) is 0 Å². The second kappa shape index (κ2) is 6.10. The first-order valence-electron chi connectivity index (χ1n) is 7.42. The number of halogens is 2. The first-order chi connectivity index (χ1) is 10.7. The van der Waals surface area contributed by atoms with Crippen molar-refractivity contribution in [3.05, 3.63) is 40.6 Å². The first kappa shape index (κ1) is 17.1. The van der Waals surface area contributed by atoms with Crippen LogP contribution in [0.25, 0.3) is 0 Å². The molecule has 0 bridgehead atoms. The van der Waals surface area contributed by atoms with E-state index in [2.05, 4.69) is 26.1 Å². The third kappa shape index (κ3) is 3.11. The minimum Gasteiger partial charge on any atom is -0.397 e. The molecule has 0 spiro atoms. The molecule has 0 saturated heterocycles. The zero-order valence-corrected chi connectivity index (χ0v) is 13.4. The van der Waals surface area contributed by atoms with Crippen LogP contribution in [0.15, 0.2) is 29.5 Å². The van der Waals surface area contributed by atoms with Gasteiger partial charge in [-0.3, -0.25) is 4.79 Å². The van der Waals surface area contributed by atoms with Gasteiger partial charge >= 0.3 is 0 Å². The van der Waals surface area contributed by atoms with Crippen molar-refractivity contribution in [2.45, 2.75) is 45.0 Å². The van der Waals surface area contributed by atoms with Gasteiger partial charge in [-0.05, 0) is 34.9 Å². The van der Waals surface area contributed by atoms with E-state index in [0.717, 1.165) is 17.5 Å². The van der Waals surface area contributed by atoms with Crippen LogP contribution in [-0.2, 0) is 10.2 Å². The van der Waals surface area contributed by atoms with Gasteiger partial charge in [0.1, 0.15) is 0 Å². The number of carbonyl (C=O) groups excluding carboxylic acids is 1. The second-order valence-electron chi connectivity index (χ2n) is 6.52. The van der Waals surface area contributed by atoms with Gasteiger partial charge in [0.15, 0.2) is 0 Å². The van der Waals surface area contributed by atoms with Crippen molar-refractivity contribution in [2.24, 2.45) is 5.73 Å². The summed E-state index contributed by atoms with van der Waals surface area (Å²) in [6, 6.07) is 5.60. The van der Waals surface area contributed by atoms with E-state index < -0.39 is 23.6 Å². The normalized spacial score (nSPS) is 20.0. The molecule has 0 aromatic heterocycles. The van der Waals surface area contributed by atoms with E-state index in [1.165, 1.54) is 0 Å². The van der Waals surface area contributed by atoms with Gasteiger partial charge in [-0.1, -0.05) is 32.9 Å².